The highest BCUT2D eigenvalue weighted by atomic mass is 33.1. The van der Waals surface area contributed by atoms with E-state index in [1.165, 1.54) is 0 Å². The molecule has 0 radical (unpaired) electrons. The lowest BCUT2D eigenvalue weighted by Crippen LogP contribution is -2.43. The van der Waals surface area contributed by atoms with E-state index < -0.39 is 11.7 Å². The number of carbonyl (C=O) groups excluding carboxylic acids is 3. The average Bonchev–Trinajstić information content (AvgIpc) is 2.93. The summed E-state index contributed by atoms with van der Waals surface area (Å²) in [5.74, 6) is 1.34. The first-order valence-corrected chi connectivity index (χ1v) is 18.0. The molecule has 0 spiro atoms. The molecule has 0 saturated heterocycles. The summed E-state index contributed by atoms with van der Waals surface area (Å²) < 4.78 is 5.30. The number of ether oxygens (including phenoxy) is 1. The Morgan fingerprint density at radius 3 is 1.63 bits per heavy atom. The SMILES string of the molecule is CC(C)(C)OC(=O)NCCN(CCNC(=O)CCSSc1ccccn1)CCNC(=O)CCSSc1ccccn1. The maximum absolute atomic E-state index is 12.3. The molecule has 0 aliphatic heterocycles. The Hall–Kier alpha value is -2.13. The molecule has 0 saturated carbocycles. The van der Waals surface area contributed by atoms with Gasteiger partial charge in [-0.2, -0.15) is 0 Å². The van der Waals surface area contributed by atoms with Crippen LogP contribution in [0.3, 0.4) is 0 Å². The van der Waals surface area contributed by atoms with Crippen LogP contribution in [0.2, 0.25) is 0 Å². The molecular weight excluding hydrogens is 601 g/mol. The molecule has 0 aromatic carbocycles. The number of aromatic nitrogens is 2. The fourth-order valence-corrected chi connectivity index (χ4v) is 6.85. The molecule has 2 aromatic heterocycles. The Balaban J connectivity index is 1.66. The zero-order valence-corrected chi connectivity index (χ0v) is 27.1. The van der Waals surface area contributed by atoms with Crippen LogP contribution < -0.4 is 16.0 Å². The highest BCUT2D eigenvalue weighted by molar-refractivity contribution is 8.77. The van der Waals surface area contributed by atoms with Crippen LogP contribution >= 0.6 is 43.2 Å². The van der Waals surface area contributed by atoms with Gasteiger partial charge in [0.15, 0.2) is 0 Å². The molecule has 0 atom stereocenters. The summed E-state index contributed by atoms with van der Waals surface area (Å²) in [6, 6.07) is 11.5. The van der Waals surface area contributed by atoms with Gasteiger partial charge in [0.05, 0.1) is 0 Å². The van der Waals surface area contributed by atoms with Crippen molar-refractivity contribution in [1.29, 1.82) is 0 Å². The highest BCUT2D eigenvalue weighted by Gasteiger charge is 2.16. The summed E-state index contributed by atoms with van der Waals surface area (Å²) >= 11 is 0. The number of carbonyl (C=O) groups is 3. The summed E-state index contributed by atoms with van der Waals surface area (Å²) in [7, 11) is 6.30. The third kappa shape index (κ3) is 18.8. The summed E-state index contributed by atoms with van der Waals surface area (Å²) in [6.07, 6.45) is 3.86. The van der Waals surface area contributed by atoms with E-state index >= 15 is 0 Å². The largest absolute Gasteiger partial charge is 0.444 e. The maximum atomic E-state index is 12.3. The lowest BCUT2D eigenvalue weighted by atomic mass is 10.2. The van der Waals surface area contributed by atoms with E-state index in [-0.39, 0.29) is 11.8 Å². The Morgan fingerprint density at radius 1 is 0.756 bits per heavy atom. The number of hydrogen-bond acceptors (Lipinski definition) is 11. The van der Waals surface area contributed by atoms with Crippen molar-refractivity contribution < 1.29 is 19.1 Å². The van der Waals surface area contributed by atoms with Crippen LogP contribution in [0.25, 0.3) is 0 Å². The number of nitrogens with zero attached hydrogens (tertiary/aromatic N) is 3. The fraction of sp³-hybridized carbons (Fsp3) is 0.519. The molecule has 3 N–H and O–H groups in total. The molecule has 0 aliphatic rings. The van der Waals surface area contributed by atoms with E-state index in [1.54, 1.807) is 55.6 Å². The van der Waals surface area contributed by atoms with Crippen LogP contribution in [0.1, 0.15) is 33.6 Å². The molecule has 14 heteroatoms. The van der Waals surface area contributed by atoms with E-state index in [4.69, 9.17) is 4.74 Å². The van der Waals surface area contributed by atoms with Gasteiger partial charge in [0.1, 0.15) is 15.7 Å². The predicted octanol–water partition coefficient (Wildman–Crippen LogP) is 4.50. The summed E-state index contributed by atoms with van der Waals surface area (Å²) in [6.45, 7) is 8.50. The molecular formula is C27H40N6O4S4. The minimum atomic E-state index is -0.568. The van der Waals surface area contributed by atoms with E-state index in [9.17, 15) is 14.4 Å². The molecule has 41 heavy (non-hydrogen) atoms. The van der Waals surface area contributed by atoms with Crippen molar-refractivity contribution in [3.63, 3.8) is 0 Å². The van der Waals surface area contributed by atoms with Gasteiger partial charge in [-0.15, -0.1) is 0 Å². The number of hydrogen-bond donors (Lipinski definition) is 3. The lowest BCUT2D eigenvalue weighted by Gasteiger charge is -2.24. The molecule has 0 bridgehead atoms. The van der Waals surface area contributed by atoms with Crippen molar-refractivity contribution in [1.82, 2.24) is 30.8 Å². The van der Waals surface area contributed by atoms with Gasteiger partial charge >= 0.3 is 6.09 Å². The lowest BCUT2D eigenvalue weighted by molar-refractivity contribution is -0.121. The van der Waals surface area contributed by atoms with Gasteiger partial charge in [0.25, 0.3) is 0 Å². The van der Waals surface area contributed by atoms with E-state index in [1.807, 2.05) is 57.2 Å². The van der Waals surface area contributed by atoms with Gasteiger partial charge in [-0.3, -0.25) is 14.5 Å². The van der Waals surface area contributed by atoms with E-state index in [0.29, 0.717) is 63.6 Å². The minimum absolute atomic E-state index is 0.0136. The Kier molecular flexibility index (Phi) is 17.7. The van der Waals surface area contributed by atoms with Crippen LogP contribution in [0, 0.1) is 0 Å². The van der Waals surface area contributed by atoms with Crippen molar-refractivity contribution in [2.75, 3.05) is 50.8 Å². The van der Waals surface area contributed by atoms with Crippen molar-refractivity contribution in [2.45, 2.75) is 49.3 Å². The molecule has 10 nitrogen and oxygen atoms in total. The fourth-order valence-electron chi connectivity index (χ4n) is 3.11. The van der Waals surface area contributed by atoms with Crippen molar-refractivity contribution in [3.05, 3.63) is 48.8 Å². The van der Waals surface area contributed by atoms with Crippen LogP contribution in [-0.2, 0) is 14.3 Å². The zero-order valence-electron chi connectivity index (χ0n) is 23.8. The van der Waals surface area contributed by atoms with E-state index in [2.05, 4.69) is 30.8 Å². The van der Waals surface area contributed by atoms with Gasteiger partial charge in [-0.25, -0.2) is 14.8 Å². The number of alkyl carbamates (subject to hydrolysis) is 1. The Labute approximate surface area is 258 Å². The van der Waals surface area contributed by atoms with Gasteiger partial charge < -0.3 is 20.7 Å². The third-order valence-electron chi connectivity index (χ3n) is 4.99. The monoisotopic (exact) mass is 640 g/mol. The number of amides is 3. The summed E-state index contributed by atoms with van der Waals surface area (Å²) in [5, 5.41) is 10.5. The third-order valence-corrected chi connectivity index (χ3v) is 9.52. The Morgan fingerprint density at radius 2 is 1.22 bits per heavy atom. The highest BCUT2D eigenvalue weighted by Crippen LogP contribution is 2.29. The molecule has 0 unspecified atom stereocenters. The minimum Gasteiger partial charge on any atom is -0.444 e. The molecule has 0 fully saturated rings. The van der Waals surface area contributed by atoms with Crippen molar-refractivity contribution in [3.8, 4) is 0 Å². The van der Waals surface area contributed by atoms with Crippen LogP contribution in [0.15, 0.2) is 58.8 Å². The van der Waals surface area contributed by atoms with Crippen LogP contribution in [0.4, 0.5) is 4.79 Å². The van der Waals surface area contributed by atoms with Gasteiger partial charge in [-0.05, 0) is 66.6 Å². The standard InChI is InChI=1S/C27H40N6O4S4/c1-27(2,3)37-26(36)32-16-19-33(17-14-28-22(34)10-20-38-40-24-8-4-6-12-30-24)18-15-29-23(35)11-21-39-41-25-9-5-7-13-31-25/h4-9,12-13H,10-11,14-21H2,1-3H3,(H,28,34)(H,29,35)(H,32,36). The first-order chi connectivity index (χ1) is 19.7. The molecule has 2 heterocycles. The first-order valence-electron chi connectivity index (χ1n) is 13.3. The topological polar surface area (TPSA) is 126 Å². The maximum Gasteiger partial charge on any atom is 0.407 e. The second-order valence-electron chi connectivity index (χ2n) is 9.62. The summed E-state index contributed by atoms with van der Waals surface area (Å²) in [4.78, 5) is 47.2. The second-order valence-corrected chi connectivity index (χ2v) is 14.5. The van der Waals surface area contributed by atoms with Gasteiger partial charge in [0.2, 0.25) is 11.8 Å². The summed E-state index contributed by atoms with van der Waals surface area (Å²) in [5.41, 5.74) is -0.568. The number of rotatable bonds is 19. The number of pyridine rings is 2. The van der Waals surface area contributed by atoms with E-state index in [0.717, 1.165) is 10.1 Å². The van der Waals surface area contributed by atoms with Crippen LogP contribution in [-0.4, -0.2) is 89.2 Å². The van der Waals surface area contributed by atoms with Gasteiger partial charge in [0, 0.05) is 76.0 Å². The average molecular weight is 641 g/mol. The van der Waals surface area contributed by atoms with Crippen LogP contribution in [0.5, 0.6) is 0 Å². The normalized spacial score (nSPS) is 11.2. The predicted molar refractivity (Wildman–Crippen MR) is 171 cm³/mol. The van der Waals surface area contributed by atoms with Gasteiger partial charge in [-0.1, -0.05) is 33.7 Å². The van der Waals surface area contributed by atoms with Crippen molar-refractivity contribution >= 4 is 61.1 Å². The zero-order chi connectivity index (χ0) is 29.8. The smallest absolute Gasteiger partial charge is 0.407 e. The molecule has 3 amide bonds. The number of nitrogens with one attached hydrogen (secondary N) is 3. The first kappa shape index (κ1) is 35.1. The molecule has 2 aromatic rings. The molecule has 2 rings (SSSR count). The molecule has 226 valence electrons. The second kappa shape index (κ2) is 20.7. The Bertz CT molecular complexity index is 966. The molecule has 0 aliphatic carbocycles. The quantitative estimate of drug-likeness (QED) is 0.149. The van der Waals surface area contributed by atoms with Crippen molar-refractivity contribution in [2.24, 2.45) is 0 Å².